The largest absolute Gasteiger partial charge is 0.508 e. The quantitative estimate of drug-likeness (QED) is 0.835. The molecule has 0 fully saturated rings. The molecule has 1 aromatic carbocycles. The van der Waals surface area contributed by atoms with Crippen molar-refractivity contribution >= 4 is 34.3 Å². The molecule has 1 atom stereocenters. The van der Waals surface area contributed by atoms with E-state index in [1.165, 1.54) is 0 Å². The van der Waals surface area contributed by atoms with E-state index in [2.05, 4.69) is 15.9 Å². The Morgan fingerprint density at radius 3 is 2.76 bits per heavy atom. The average molecular weight is 325 g/mol. The predicted octanol–water partition coefficient (Wildman–Crippen LogP) is 2.53. The summed E-state index contributed by atoms with van der Waals surface area (Å²) < 4.78 is 5.55. The molecule has 1 rings (SSSR count). The topological polar surface area (TPSA) is 72.5 Å². The molecular weight excluding hydrogens is 309 g/mol. The van der Waals surface area contributed by atoms with Crippen molar-refractivity contribution in [3.05, 3.63) is 28.2 Å². The Morgan fingerprint density at radius 1 is 1.59 bits per heavy atom. The van der Waals surface area contributed by atoms with Crippen LogP contribution in [0.3, 0.4) is 0 Å². The van der Waals surface area contributed by atoms with Gasteiger partial charge in [0.25, 0.3) is 0 Å². The van der Waals surface area contributed by atoms with Gasteiger partial charge in [0.05, 0.1) is 13.0 Å². The first-order chi connectivity index (χ1) is 7.54. The Balaban J connectivity index is 0.00000256. The molecule has 0 spiro atoms. The van der Waals surface area contributed by atoms with Crippen LogP contribution in [0.25, 0.3) is 0 Å². The van der Waals surface area contributed by atoms with E-state index < -0.39 is 6.04 Å². The molecule has 3 N–H and O–H groups in total. The molecule has 0 aliphatic carbocycles. The summed E-state index contributed by atoms with van der Waals surface area (Å²) in [5.41, 5.74) is 6.34. The first-order valence-electron chi connectivity index (χ1n) is 4.94. The molecule has 0 saturated carbocycles. The molecule has 6 heteroatoms. The minimum atomic E-state index is -0.549. The van der Waals surface area contributed by atoms with Crippen LogP contribution >= 0.6 is 28.3 Å². The van der Waals surface area contributed by atoms with Crippen LogP contribution in [0.15, 0.2) is 22.7 Å². The van der Waals surface area contributed by atoms with Crippen molar-refractivity contribution < 1.29 is 14.6 Å². The van der Waals surface area contributed by atoms with Crippen molar-refractivity contribution in [3.8, 4) is 5.75 Å². The van der Waals surface area contributed by atoms with Crippen molar-refractivity contribution in [3.63, 3.8) is 0 Å². The second-order valence-corrected chi connectivity index (χ2v) is 4.23. The van der Waals surface area contributed by atoms with E-state index in [1.54, 1.807) is 25.1 Å². The van der Waals surface area contributed by atoms with E-state index in [0.717, 1.165) is 4.47 Å². The molecule has 0 amide bonds. The monoisotopic (exact) mass is 323 g/mol. The van der Waals surface area contributed by atoms with Crippen LogP contribution in [0.4, 0.5) is 0 Å². The van der Waals surface area contributed by atoms with Crippen molar-refractivity contribution in [2.24, 2.45) is 5.73 Å². The van der Waals surface area contributed by atoms with Gasteiger partial charge in [0.15, 0.2) is 0 Å². The number of ether oxygens (including phenoxy) is 1. The molecule has 1 aromatic rings. The van der Waals surface area contributed by atoms with E-state index in [4.69, 9.17) is 10.5 Å². The maximum Gasteiger partial charge on any atom is 0.307 e. The number of rotatable bonds is 4. The van der Waals surface area contributed by atoms with Gasteiger partial charge in [0.1, 0.15) is 5.75 Å². The standard InChI is InChI=1S/C11H14BrNO3.ClH/c1-2-16-11(15)6-9(13)8-4-3-7(12)5-10(8)14;/h3-5,9,14H,2,6,13H2,1H3;1H/t9-;/m1./s1. The van der Waals surface area contributed by atoms with E-state index in [1.807, 2.05) is 0 Å². The normalized spacial score (nSPS) is 11.5. The molecule has 0 saturated heterocycles. The van der Waals surface area contributed by atoms with Gasteiger partial charge in [-0.15, -0.1) is 12.4 Å². The fourth-order valence-electron chi connectivity index (χ4n) is 1.34. The summed E-state index contributed by atoms with van der Waals surface area (Å²) in [6.45, 7) is 2.07. The number of phenolic OH excluding ortho intramolecular Hbond substituents is 1. The molecule has 0 bridgehead atoms. The third-order valence-corrected chi connectivity index (χ3v) is 2.58. The highest BCUT2D eigenvalue weighted by molar-refractivity contribution is 9.10. The van der Waals surface area contributed by atoms with Gasteiger partial charge in [-0.3, -0.25) is 4.79 Å². The van der Waals surface area contributed by atoms with Crippen LogP contribution in [-0.4, -0.2) is 17.7 Å². The summed E-state index contributed by atoms with van der Waals surface area (Å²) in [7, 11) is 0. The fourth-order valence-corrected chi connectivity index (χ4v) is 1.69. The Kier molecular flexibility index (Phi) is 7.18. The molecule has 17 heavy (non-hydrogen) atoms. The van der Waals surface area contributed by atoms with Gasteiger partial charge in [-0.05, 0) is 19.1 Å². The number of carbonyl (C=O) groups is 1. The van der Waals surface area contributed by atoms with Crippen LogP contribution in [0.2, 0.25) is 0 Å². The van der Waals surface area contributed by atoms with Crippen molar-refractivity contribution in [1.82, 2.24) is 0 Å². The number of hydrogen-bond donors (Lipinski definition) is 2. The van der Waals surface area contributed by atoms with Crippen LogP contribution < -0.4 is 5.73 Å². The molecule has 4 nitrogen and oxygen atoms in total. The molecule has 0 aliphatic rings. The lowest BCUT2D eigenvalue weighted by atomic mass is 10.0. The van der Waals surface area contributed by atoms with E-state index in [-0.39, 0.29) is 30.5 Å². The van der Waals surface area contributed by atoms with E-state index >= 15 is 0 Å². The summed E-state index contributed by atoms with van der Waals surface area (Å²) >= 11 is 3.23. The zero-order valence-corrected chi connectivity index (χ0v) is 11.8. The number of carbonyl (C=O) groups excluding carboxylic acids is 1. The van der Waals surface area contributed by atoms with Crippen molar-refractivity contribution in [2.75, 3.05) is 6.61 Å². The lowest BCUT2D eigenvalue weighted by molar-refractivity contribution is -0.143. The number of benzene rings is 1. The van der Waals surface area contributed by atoms with Crippen LogP contribution in [0.5, 0.6) is 5.75 Å². The zero-order valence-electron chi connectivity index (χ0n) is 9.35. The molecule has 0 aromatic heterocycles. The Hall–Kier alpha value is -0.780. The maximum absolute atomic E-state index is 11.2. The number of halogens is 2. The van der Waals surface area contributed by atoms with Gasteiger partial charge < -0.3 is 15.6 Å². The van der Waals surface area contributed by atoms with Gasteiger partial charge in [0.2, 0.25) is 0 Å². The molecule has 0 heterocycles. The number of nitrogens with two attached hydrogens (primary N) is 1. The summed E-state index contributed by atoms with van der Waals surface area (Å²) in [5.74, 6) is -0.288. The predicted molar refractivity (Wildman–Crippen MR) is 71.2 cm³/mol. The number of phenols is 1. The van der Waals surface area contributed by atoms with Crippen LogP contribution in [0, 0.1) is 0 Å². The first-order valence-corrected chi connectivity index (χ1v) is 5.73. The lowest BCUT2D eigenvalue weighted by Crippen LogP contribution is -2.17. The molecule has 0 unspecified atom stereocenters. The average Bonchev–Trinajstić information content (AvgIpc) is 2.17. The van der Waals surface area contributed by atoms with Gasteiger partial charge in [-0.2, -0.15) is 0 Å². The molecule has 0 aliphatic heterocycles. The molecule has 96 valence electrons. The lowest BCUT2D eigenvalue weighted by Gasteiger charge is -2.12. The first kappa shape index (κ1) is 16.2. The van der Waals surface area contributed by atoms with Crippen molar-refractivity contribution in [2.45, 2.75) is 19.4 Å². The second kappa shape index (κ2) is 7.53. The Labute approximate surface area is 115 Å². The Morgan fingerprint density at radius 2 is 2.24 bits per heavy atom. The van der Waals surface area contributed by atoms with Gasteiger partial charge >= 0.3 is 5.97 Å². The third-order valence-electron chi connectivity index (χ3n) is 2.08. The highest BCUT2D eigenvalue weighted by Crippen LogP contribution is 2.28. The van der Waals surface area contributed by atoms with E-state index in [0.29, 0.717) is 12.2 Å². The van der Waals surface area contributed by atoms with Crippen molar-refractivity contribution in [1.29, 1.82) is 0 Å². The highest BCUT2D eigenvalue weighted by atomic mass is 79.9. The molecular formula is C11H15BrClNO3. The van der Waals surface area contributed by atoms with Crippen LogP contribution in [0.1, 0.15) is 24.9 Å². The number of hydrogen-bond acceptors (Lipinski definition) is 4. The summed E-state index contributed by atoms with van der Waals surface area (Å²) in [6, 6.07) is 4.44. The fraction of sp³-hybridized carbons (Fsp3) is 0.364. The SMILES string of the molecule is CCOC(=O)C[C@@H](N)c1ccc(Br)cc1O.Cl. The summed E-state index contributed by atoms with van der Waals surface area (Å²) in [5, 5.41) is 9.64. The van der Waals surface area contributed by atoms with E-state index in [9.17, 15) is 9.90 Å². The van der Waals surface area contributed by atoms with Gasteiger partial charge in [-0.1, -0.05) is 22.0 Å². The van der Waals surface area contributed by atoms with Crippen LogP contribution in [-0.2, 0) is 9.53 Å². The van der Waals surface area contributed by atoms with Gasteiger partial charge in [-0.25, -0.2) is 0 Å². The highest BCUT2D eigenvalue weighted by Gasteiger charge is 2.15. The Bertz CT molecular complexity index is 387. The minimum absolute atomic E-state index is 0. The smallest absolute Gasteiger partial charge is 0.307 e. The minimum Gasteiger partial charge on any atom is -0.508 e. The number of esters is 1. The van der Waals surface area contributed by atoms with Gasteiger partial charge in [0, 0.05) is 16.1 Å². The maximum atomic E-state index is 11.2. The zero-order chi connectivity index (χ0) is 12.1. The third kappa shape index (κ3) is 4.93. The number of aromatic hydroxyl groups is 1. The summed E-state index contributed by atoms with van der Waals surface area (Å²) in [4.78, 5) is 11.2. The molecule has 0 radical (unpaired) electrons. The summed E-state index contributed by atoms with van der Waals surface area (Å²) in [6.07, 6.45) is 0.0586. The second-order valence-electron chi connectivity index (χ2n) is 3.32.